The van der Waals surface area contributed by atoms with Gasteiger partial charge in [0.25, 0.3) is 0 Å². The van der Waals surface area contributed by atoms with Gasteiger partial charge in [-0.15, -0.1) is 0 Å². The van der Waals surface area contributed by atoms with E-state index in [9.17, 15) is 13.2 Å². The molecule has 0 radical (unpaired) electrons. The molecule has 5 rings (SSSR count). The van der Waals surface area contributed by atoms with Crippen LogP contribution >= 0.6 is 0 Å². The van der Waals surface area contributed by atoms with Crippen molar-refractivity contribution in [2.45, 2.75) is 19.5 Å². The first-order valence-corrected chi connectivity index (χ1v) is 11.6. The van der Waals surface area contributed by atoms with Crippen LogP contribution in [-0.4, -0.2) is 45.1 Å². The maximum atomic E-state index is 13.6. The van der Waals surface area contributed by atoms with Crippen LogP contribution in [0, 0.1) is 17.5 Å². The minimum atomic E-state index is -0.902. The van der Waals surface area contributed by atoms with Crippen molar-refractivity contribution < 1.29 is 13.2 Å². The molecule has 9 heteroatoms. The van der Waals surface area contributed by atoms with Crippen LogP contribution in [0.3, 0.4) is 0 Å². The van der Waals surface area contributed by atoms with E-state index in [0.717, 1.165) is 48.7 Å². The minimum absolute atomic E-state index is 0.229. The summed E-state index contributed by atoms with van der Waals surface area (Å²) in [6.45, 7) is 1.81. The summed E-state index contributed by atoms with van der Waals surface area (Å²) in [7, 11) is 4.07. The fraction of sp³-hybridized carbons (Fsp3) is 0.222. The molecule has 184 valence electrons. The second-order valence-corrected chi connectivity index (χ2v) is 8.98. The van der Waals surface area contributed by atoms with Gasteiger partial charge in [0.05, 0.1) is 17.1 Å². The largest absolute Gasteiger partial charge is 0.350 e. The Hall–Kier alpha value is -3.98. The molecule has 0 fully saturated rings. The van der Waals surface area contributed by atoms with Crippen molar-refractivity contribution in [2.24, 2.45) is 0 Å². The Bertz CT molecular complexity index is 1430. The van der Waals surface area contributed by atoms with Crippen molar-refractivity contribution in [2.75, 3.05) is 26.0 Å². The average molecular weight is 491 g/mol. The molecule has 3 heterocycles. The van der Waals surface area contributed by atoms with Gasteiger partial charge in [0.1, 0.15) is 11.6 Å². The Kier molecular flexibility index (Phi) is 6.56. The summed E-state index contributed by atoms with van der Waals surface area (Å²) in [4.78, 5) is 16.0. The number of likely N-dealkylation sites (N-methyl/N-ethyl adjacent to an activating group) is 1. The van der Waals surface area contributed by atoms with Crippen LogP contribution in [-0.2, 0) is 13.1 Å². The summed E-state index contributed by atoms with van der Waals surface area (Å²) in [5.41, 5.74) is 4.81. The van der Waals surface area contributed by atoms with Crippen LogP contribution in [0.5, 0.6) is 0 Å². The highest BCUT2D eigenvalue weighted by Gasteiger charge is 2.23. The highest BCUT2D eigenvalue weighted by molar-refractivity contribution is 5.79. The first kappa shape index (κ1) is 23.7. The number of rotatable bonds is 7. The number of nitrogens with one attached hydrogen (secondary N) is 1. The Labute approximate surface area is 207 Å². The van der Waals surface area contributed by atoms with E-state index >= 15 is 0 Å². The number of aromatic nitrogens is 4. The maximum absolute atomic E-state index is 13.6. The van der Waals surface area contributed by atoms with E-state index in [4.69, 9.17) is 9.97 Å². The predicted octanol–water partition coefficient (Wildman–Crippen LogP) is 5.39. The van der Waals surface area contributed by atoms with Gasteiger partial charge in [-0.05, 0) is 74.6 Å². The van der Waals surface area contributed by atoms with E-state index in [1.54, 1.807) is 24.4 Å². The minimum Gasteiger partial charge on any atom is -0.350 e. The molecule has 36 heavy (non-hydrogen) atoms. The molecule has 0 spiro atoms. The smallest absolute Gasteiger partial charge is 0.223 e. The zero-order chi connectivity index (χ0) is 25.2. The molecule has 2 aromatic carbocycles. The molecule has 6 nitrogen and oxygen atoms in total. The molecule has 0 bridgehead atoms. The van der Waals surface area contributed by atoms with Crippen LogP contribution < -0.4 is 5.32 Å². The zero-order valence-corrected chi connectivity index (χ0v) is 20.0. The molecule has 0 aliphatic carbocycles. The van der Waals surface area contributed by atoms with E-state index in [1.807, 2.05) is 14.1 Å². The van der Waals surface area contributed by atoms with Gasteiger partial charge in [-0.3, -0.25) is 0 Å². The van der Waals surface area contributed by atoms with E-state index in [1.165, 1.54) is 23.8 Å². The van der Waals surface area contributed by atoms with E-state index < -0.39 is 11.6 Å². The van der Waals surface area contributed by atoms with E-state index in [-0.39, 0.29) is 12.4 Å². The molecular weight excluding hydrogens is 465 g/mol. The molecule has 2 aromatic heterocycles. The number of hydrogen-bond donors (Lipinski definition) is 1. The Balaban J connectivity index is 1.52. The molecule has 0 amide bonds. The summed E-state index contributed by atoms with van der Waals surface area (Å²) < 4.78 is 42.6. The number of imidazole rings is 1. The van der Waals surface area contributed by atoms with Gasteiger partial charge >= 0.3 is 0 Å². The lowest BCUT2D eigenvalue weighted by Gasteiger charge is -2.20. The van der Waals surface area contributed by atoms with Gasteiger partial charge in [0, 0.05) is 31.4 Å². The second kappa shape index (κ2) is 9.94. The summed E-state index contributed by atoms with van der Waals surface area (Å²) in [5.74, 6) is -0.942. The molecular formula is C27H25F3N6. The molecule has 4 aromatic rings. The topological polar surface area (TPSA) is 58.9 Å². The second-order valence-electron chi connectivity index (χ2n) is 8.98. The third kappa shape index (κ3) is 5.01. The van der Waals surface area contributed by atoms with Crippen molar-refractivity contribution in [3.8, 4) is 22.6 Å². The van der Waals surface area contributed by atoms with Crippen molar-refractivity contribution in [1.82, 2.24) is 24.4 Å². The lowest BCUT2D eigenvalue weighted by atomic mass is 10.1. The zero-order valence-electron chi connectivity index (χ0n) is 20.0. The van der Waals surface area contributed by atoms with Crippen LogP contribution in [0.1, 0.15) is 17.8 Å². The number of fused-ring (bicyclic) bond motifs is 1. The molecule has 0 saturated carbocycles. The van der Waals surface area contributed by atoms with Gasteiger partial charge in [-0.1, -0.05) is 11.6 Å². The molecule has 1 N–H and O–H groups in total. The Morgan fingerprint density at radius 2 is 1.78 bits per heavy atom. The average Bonchev–Trinajstić information content (AvgIpc) is 3.24. The van der Waals surface area contributed by atoms with Crippen molar-refractivity contribution in [1.29, 1.82) is 0 Å². The van der Waals surface area contributed by atoms with Gasteiger partial charge < -0.3 is 14.8 Å². The van der Waals surface area contributed by atoms with Crippen molar-refractivity contribution in [3.63, 3.8) is 0 Å². The normalized spacial score (nSPS) is 13.0. The number of benzene rings is 2. The van der Waals surface area contributed by atoms with E-state index in [2.05, 4.69) is 25.8 Å². The highest BCUT2D eigenvalue weighted by atomic mass is 19.2. The standard InChI is InChI=1S/C27H25F3N6/c1-35(2)16-18-10-12-36-24(14-18)34-25(19-4-6-20(28)7-5-19)26(36)23-9-11-31-27(33-23)32-15-17-3-8-21(29)22(30)13-17/h3-9,11,13-14H,10,12,15-16H2,1-2H3,(H,31,32,33). The fourth-order valence-electron chi connectivity index (χ4n) is 4.32. The van der Waals surface area contributed by atoms with Gasteiger partial charge in [0.15, 0.2) is 11.6 Å². The Morgan fingerprint density at radius 1 is 0.972 bits per heavy atom. The van der Waals surface area contributed by atoms with Gasteiger partial charge in [-0.2, -0.15) is 0 Å². The molecule has 0 atom stereocenters. The summed E-state index contributed by atoms with van der Waals surface area (Å²) in [5, 5.41) is 3.08. The van der Waals surface area contributed by atoms with Crippen molar-refractivity contribution in [3.05, 3.63) is 89.1 Å². The van der Waals surface area contributed by atoms with Crippen LogP contribution in [0.2, 0.25) is 0 Å². The van der Waals surface area contributed by atoms with Gasteiger partial charge in [0.2, 0.25) is 5.95 Å². The fourth-order valence-corrected chi connectivity index (χ4v) is 4.32. The van der Waals surface area contributed by atoms with Crippen LogP contribution in [0.15, 0.2) is 60.3 Å². The summed E-state index contributed by atoms with van der Waals surface area (Å²) in [6.07, 6.45) is 4.62. The quantitative estimate of drug-likeness (QED) is 0.377. The predicted molar refractivity (Wildman–Crippen MR) is 133 cm³/mol. The third-order valence-electron chi connectivity index (χ3n) is 5.96. The summed E-state index contributed by atoms with van der Waals surface area (Å²) >= 11 is 0. The lowest BCUT2D eigenvalue weighted by Crippen LogP contribution is -2.19. The van der Waals surface area contributed by atoms with Crippen molar-refractivity contribution >= 4 is 12.0 Å². The monoisotopic (exact) mass is 490 g/mol. The van der Waals surface area contributed by atoms with Crippen LogP contribution in [0.25, 0.3) is 28.7 Å². The molecule has 1 aliphatic rings. The SMILES string of the molecule is CN(C)CC1=Cc2nc(-c3ccc(F)cc3)c(-c3ccnc(NCc4ccc(F)c(F)c4)n3)n2CC1. The third-order valence-corrected chi connectivity index (χ3v) is 5.96. The number of anilines is 1. The number of hydrogen-bond acceptors (Lipinski definition) is 5. The maximum Gasteiger partial charge on any atom is 0.223 e. The highest BCUT2D eigenvalue weighted by Crippen LogP contribution is 2.35. The first-order valence-electron chi connectivity index (χ1n) is 11.6. The first-order chi connectivity index (χ1) is 17.4. The number of nitrogens with zero attached hydrogens (tertiary/aromatic N) is 5. The molecule has 1 aliphatic heterocycles. The molecule has 0 saturated heterocycles. The lowest BCUT2D eigenvalue weighted by molar-refractivity contribution is 0.435. The summed E-state index contributed by atoms with van der Waals surface area (Å²) in [6, 6.07) is 11.8. The Morgan fingerprint density at radius 3 is 2.53 bits per heavy atom. The van der Waals surface area contributed by atoms with Crippen LogP contribution in [0.4, 0.5) is 19.1 Å². The number of halogens is 3. The van der Waals surface area contributed by atoms with E-state index in [0.29, 0.717) is 22.9 Å². The van der Waals surface area contributed by atoms with Gasteiger partial charge in [-0.25, -0.2) is 28.1 Å². The molecule has 0 unspecified atom stereocenters.